The van der Waals surface area contributed by atoms with E-state index in [9.17, 15) is 5.11 Å². The van der Waals surface area contributed by atoms with Crippen LogP contribution in [0.25, 0.3) is 0 Å². The molecule has 1 heterocycles. The highest BCUT2D eigenvalue weighted by atomic mass is 16.3. The molecule has 2 aliphatic rings. The van der Waals surface area contributed by atoms with Gasteiger partial charge in [-0.3, -0.25) is 0 Å². The summed E-state index contributed by atoms with van der Waals surface area (Å²) in [6.07, 6.45) is 8.62. The van der Waals surface area contributed by atoms with Gasteiger partial charge in [0.2, 0.25) is 0 Å². The highest BCUT2D eigenvalue weighted by Crippen LogP contribution is 2.45. The Kier molecular flexibility index (Phi) is 4.48. The normalized spacial score (nSPS) is 43.6. The maximum Gasteiger partial charge on any atom is 0.0730 e. The first-order chi connectivity index (χ1) is 8.22. The molecule has 0 aromatic heterocycles. The Morgan fingerprint density at radius 1 is 1.18 bits per heavy atom. The van der Waals surface area contributed by atoms with Gasteiger partial charge in [-0.25, -0.2) is 0 Å². The Hall–Kier alpha value is -0.0800. The van der Waals surface area contributed by atoms with E-state index in [0.29, 0.717) is 11.8 Å². The monoisotopic (exact) mass is 239 g/mol. The molecule has 1 aliphatic heterocycles. The average Bonchev–Trinajstić information content (AvgIpc) is 2.39. The minimum absolute atomic E-state index is 0.374. The van der Waals surface area contributed by atoms with Crippen LogP contribution in [0, 0.1) is 17.8 Å². The van der Waals surface area contributed by atoms with Crippen molar-refractivity contribution in [2.75, 3.05) is 13.1 Å². The molecule has 4 atom stereocenters. The van der Waals surface area contributed by atoms with Crippen LogP contribution in [0.15, 0.2) is 0 Å². The molecule has 0 radical (unpaired) electrons. The third kappa shape index (κ3) is 2.53. The number of piperidine rings is 1. The lowest BCUT2D eigenvalue weighted by Gasteiger charge is -2.49. The maximum atomic E-state index is 11.2. The first-order valence-electron chi connectivity index (χ1n) is 7.65. The summed E-state index contributed by atoms with van der Waals surface area (Å²) in [6.45, 7) is 6.54. The van der Waals surface area contributed by atoms with Crippen LogP contribution in [-0.4, -0.2) is 23.8 Å². The van der Waals surface area contributed by atoms with Crippen LogP contribution in [0.1, 0.15) is 58.8 Å². The third-order valence-electron chi connectivity index (χ3n) is 5.37. The van der Waals surface area contributed by atoms with Gasteiger partial charge in [-0.05, 0) is 37.6 Å². The van der Waals surface area contributed by atoms with Crippen LogP contribution in [0.5, 0.6) is 0 Å². The number of hydrogen-bond donors (Lipinski definition) is 2. The van der Waals surface area contributed by atoms with Crippen LogP contribution >= 0.6 is 0 Å². The largest absolute Gasteiger partial charge is 0.389 e. The summed E-state index contributed by atoms with van der Waals surface area (Å²) in [4.78, 5) is 0. The van der Waals surface area contributed by atoms with Gasteiger partial charge in [0.15, 0.2) is 0 Å². The molecule has 100 valence electrons. The summed E-state index contributed by atoms with van der Waals surface area (Å²) in [6, 6.07) is 0. The molecule has 2 N–H and O–H groups in total. The number of hydrogen-bond acceptors (Lipinski definition) is 2. The Balaban J connectivity index is 2.15. The van der Waals surface area contributed by atoms with E-state index in [0.717, 1.165) is 31.8 Å². The lowest BCUT2D eigenvalue weighted by atomic mass is 9.62. The van der Waals surface area contributed by atoms with Crippen molar-refractivity contribution in [1.29, 1.82) is 0 Å². The molecule has 0 amide bonds. The second kappa shape index (κ2) is 5.71. The van der Waals surface area contributed by atoms with Gasteiger partial charge in [0.1, 0.15) is 0 Å². The molecule has 1 saturated heterocycles. The van der Waals surface area contributed by atoms with E-state index in [1.807, 2.05) is 0 Å². The van der Waals surface area contributed by atoms with Crippen LogP contribution in [0.4, 0.5) is 0 Å². The van der Waals surface area contributed by atoms with Gasteiger partial charge in [-0.15, -0.1) is 0 Å². The Morgan fingerprint density at radius 2 is 1.94 bits per heavy atom. The molecule has 1 saturated carbocycles. The zero-order valence-electron chi connectivity index (χ0n) is 11.5. The van der Waals surface area contributed by atoms with Crippen molar-refractivity contribution in [3.8, 4) is 0 Å². The summed E-state index contributed by atoms with van der Waals surface area (Å²) >= 11 is 0. The minimum atomic E-state index is -0.374. The third-order valence-corrected chi connectivity index (χ3v) is 5.37. The number of aliphatic hydroxyl groups is 1. The highest BCUT2D eigenvalue weighted by Gasteiger charge is 2.47. The molecule has 17 heavy (non-hydrogen) atoms. The van der Waals surface area contributed by atoms with E-state index in [-0.39, 0.29) is 5.60 Å². The molecule has 4 unspecified atom stereocenters. The zero-order valence-corrected chi connectivity index (χ0v) is 11.5. The molecular formula is C15H29NO. The van der Waals surface area contributed by atoms with E-state index < -0.39 is 0 Å². The van der Waals surface area contributed by atoms with Crippen molar-refractivity contribution in [1.82, 2.24) is 5.32 Å². The second-order valence-corrected chi connectivity index (χ2v) is 6.11. The maximum absolute atomic E-state index is 11.2. The fourth-order valence-corrected chi connectivity index (χ4v) is 4.29. The predicted octanol–water partition coefficient (Wildman–Crippen LogP) is 2.95. The lowest BCUT2D eigenvalue weighted by Crippen LogP contribution is -2.56. The van der Waals surface area contributed by atoms with Crippen LogP contribution in [0.3, 0.4) is 0 Å². The van der Waals surface area contributed by atoms with Gasteiger partial charge in [-0.2, -0.15) is 0 Å². The van der Waals surface area contributed by atoms with Gasteiger partial charge in [0, 0.05) is 12.5 Å². The minimum Gasteiger partial charge on any atom is -0.389 e. The summed E-state index contributed by atoms with van der Waals surface area (Å²) in [7, 11) is 0. The highest BCUT2D eigenvalue weighted by molar-refractivity contribution is 4.99. The van der Waals surface area contributed by atoms with E-state index in [1.165, 1.54) is 32.1 Å². The van der Waals surface area contributed by atoms with Crippen molar-refractivity contribution in [2.45, 2.75) is 64.4 Å². The van der Waals surface area contributed by atoms with Crippen molar-refractivity contribution in [3.63, 3.8) is 0 Å². The summed E-state index contributed by atoms with van der Waals surface area (Å²) in [5.74, 6) is 1.79. The zero-order chi connectivity index (χ0) is 12.3. The lowest BCUT2D eigenvalue weighted by molar-refractivity contribution is -0.117. The molecule has 0 bridgehead atoms. The standard InChI is InChI=1S/C15H29NO/c1-3-12-7-5-6-8-14(12)15(17)9-10-16-11-13(15)4-2/h12-14,16-17H,3-11H2,1-2H3. The van der Waals surface area contributed by atoms with Crippen molar-refractivity contribution >= 4 is 0 Å². The molecule has 0 aromatic carbocycles. The first kappa shape index (κ1) is 13.4. The molecule has 0 spiro atoms. The molecule has 2 fully saturated rings. The summed E-state index contributed by atoms with van der Waals surface area (Å²) in [5, 5.41) is 14.7. The molecule has 0 aromatic rings. The van der Waals surface area contributed by atoms with E-state index in [4.69, 9.17) is 0 Å². The number of nitrogens with one attached hydrogen (secondary N) is 1. The molecule has 2 heteroatoms. The van der Waals surface area contributed by atoms with Crippen LogP contribution in [-0.2, 0) is 0 Å². The Labute approximate surface area is 106 Å². The van der Waals surface area contributed by atoms with Crippen molar-refractivity contribution in [2.24, 2.45) is 17.8 Å². The second-order valence-electron chi connectivity index (χ2n) is 6.11. The van der Waals surface area contributed by atoms with E-state index >= 15 is 0 Å². The van der Waals surface area contributed by atoms with Gasteiger partial charge >= 0.3 is 0 Å². The quantitative estimate of drug-likeness (QED) is 0.793. The SMILES string of the molecule is CCC1CCCCC1C1(O)CCNCC1CC. The average molecular weight is 239 g/mol. The molecule has 1 aliphatic carbocycles. The Bertz CT molecular complexity index is 243. The fourth-order valence-electron chi connectivity index (χ4n) is 4.29. The molecule has 2 rings (SSSR count). The van der Waals surface area contributed by atoms with E-state index in [1.54, 1.807) is 0 Å². The predicted molar refractivity (Wildman–Crippen MR) is 72.0 cm³/mol. The summed E-state index contributed by atoms with van der Waals surface area (Å²) in [5.41, 5.74) is -0.374. The smallest absolute Gasteiger partial charge is 0.0730 e. The fraction of sp³-hybridized carbons (Fsp3) is 1.00. The van der Waals surface area contributed by atoms with Gasteiger partial charge < -0.3 is 10.4 Å². The van der Waals surface area contributed by atoms with Gasteiger partial charge in [0.25, 0.3) is 0 Å². The first-order valence-corrected chi connectivity index (χ1v) is 7.65. The topological polar surface area (TPSA) is 32.3 Å². The molecular weight excluding hydrogens is 210 g/mol. The molecule has 2 nitrogen and oxygen atoms in total. The van der Waals surface area contributed by atoms with Crippen LogP contribution < -0.4 is 5.32 Å². The summed E-state index contributed by atoms with van der Waals surface area (Å²) < 4.78 is 0. The van der Waals surface area contributed by atoms with E-state index in [2.05, 4.69) is 19.2 Å². The number of rotatable bonds is 3. The van der Waals surface area contributed by atoms with Crippen molar-refractivity contribution < 1.29 is 5.11 Å². The van der Waals surface area contributed by atoms with Gasteiger partial charge in [-0.1, -0.05) is 39.5 Å². The van der Waals surface area contributed by atoms with Gasteiger partial charge in [0.05, 0.1) is 5.60 Å². The van der Waals surface area contributed by atoms with Crippen molar-refractivity contribution in [3.05, 3.63) is 0 Å². The Morgan fingerprint density at radius 3 is 2.65 bits per heavy atom. The van der Waals surface area contributed by atoms with Crippen LogP contribution in [0.2, 0.25) is 0 Å².